The molecule has 0 unspecified atom stereocenters. The highest BCUT2D eigenvalue weighted by molar-refractivity contribution is 8.77. The van der Waals surface area contributed by atoms with Crippen LogP contribution in [0, 0.1) is 0 Å². The van der Waals surface area contributed by atoms with Gasteiger partial charge in [0.15, 0.2) is 0 Å². The van der Waals surface area contributed by atoms with Crippen molar-refractivity contribution in [2.45, 2.75) is 70.0 Å². The lowest BCUT2D eigenvalue weighted by Crippen LogP contribution is -2.30. The van der Waals surface area contributed by atoms with Crippen molar-refractivity contribution in [2.75, 3.05) is 0 Å². The van der Waals surface area contributed by atoms with Gasteiger partial charge in [-0.2, -0.15) is 0 Å². The Hall–Kier alpha value is 0.660. The molecule has 0 aromatic carbocycles. The van der Waals surface area contributed by atoms with Crippen LogP contribution in [-0.2, 0) is 0 Å². The summed E-state index contributed by atoms with van der Waals surface area (Å²) < 4.78 is 0.401. The van der Waals surface area contributed by atoms with Gasteiger partial charge in [0.25, 0.3) is 0 Å². The van der Waals surface area contributed by atoms with E-state index in [0.717, 1.165) is 6.42 Å². The Labute approximate surface area is 96.8 Å². The smallest absolute Gasteiger partial charge is 0.0605 e. The maximum absolute atomic E-state index is 9.76. The summed E-state index contributed by atoms with van der Waals surface area (Å²) in [6, 6.07) is 0. The van der Waals surface area contributed by atoms with Crippen LogP contribution in [0.2, 0.25) is 0 Å². The zero-order valence-corrected chi connectivity index (χ0v) is 12.1. The van der Waals surface area contributed by atoms with Gasteiger partial charge in [-0.05, 0) is 34.1 Å². The minimum absolute atomic E-state index is 0.121. The van der Waals surface area contributed by atoms with Crippen molar-refractivity contribution < 1.29 is 5.11 Å². The van der Waals surface area contributed by atoms with Crippen LogP contribution in [0.5, 0.6) is 0 Å². The Kier molecular flexibility index (Phi) is 4.89. The molecule has 0 rings (SSSR count). The van der Waals surface area contributed by atoms with Crippen molar-refractivity contribution in [1.29, 1.82) is 0 Å². The third-order valence-electron chi connectivity index (χ3n) is 1.38. The van der Waals surface area contributed by atoms with Crippen molar-refractivity contribution in [3.05, 3.63) is 0 Å². The van der Waals surface area contributed by atoms with E-state index in [1.807, 2.05) is 35.4 Å². The van der Waals surface area contributed by atoms with E-state index in [0.29, 0.717) is 0 Å². The molecule has 0 heterocycles. The van der Waals surface area contributed by atoms with Gasteiger partial charge in [-0.1, -0.05) is 42.4 Å². The second-order valence-corrected chi connectivity index (χ2v) is 9.69. The summed E-state index contributed by atoms with van der Waals surface area (Å²) in [5.74, 6) is 0. The third-order valence-corrected chi connectivity index (χ3v) is 5.66. The molecule has 3 heteroatoms. The highest BCUT2D eigenvalue weighted by Crippen LogP contribution is 2.46. The van der Waals surface area contributed by atoms with E-state index < -0.39 is 5.60 Å². The molecule has 0 bridgehead atoms. The summed E-state index contributed by atoms with van der Waals surface area (Å²) >= 11 is 0. The van der Waals surface area contributed by atoms with Gasteiger partial charge < -0.3 is 5.11 Å². The lowest BCUT2D eigenvalue weighted by atomic mass is 9.96. The standard InChI is InChI=1S/C11H24OS2/c1-9(2,3)13-14-11(6,7)8-10(4,5)12/h12H,8H2,1-7H3. The van der Waals surface area contributed by atoms with Crippen LogP contribution in [0.25, 0.3) is 0 Å². The summed E-state index contributed by atoms with van der Waals surface area (Å²) in [5.41, 5.74) is -0.574. The van der Waals surface area contributed by atoms with Crippen LogP contribution in [0.4, 0.5) is 0 Å². The minimum atomic E-state index is -0.574. The zero-order chi connectivity index (χ0) is 11.6. The number of aliphatic hydroxyl groups is 1. The first-order valence-corrected chi connectivity index (χ1v) is 7.16. The van der Waals surface area contributed by atoms with Crippen LogP contribution >= 0.6 is 21.6 Å². The van der Waals surface area contributed by atoms with Gasteiger partial charge in [0.1, 0.15) is 0 Å². The molecule has 0 aromatic rings. The van der Waals surface area contributed by atoms with Crippen LogP contribution < -0.4 is 0 Å². The molecule has 0 spiro atoms. The van der Waals surface area contributed by atoms with Crippen LogP contribution in [0.15, 0.2) is 0 Å². The number of hydrogen-bond acceptors (Lipinski definition) is 3. The molecule has 0 aliphatic heterocycles. The molecular formula is C11H24OS2. The summed E-state index contributed by atoms with van der Waals surface area (Å²) in [4.78, 5) is 0. The van der Waals surface area contributed by atoms with Gasteiger partial charge in [-0.15, -0.1) is 0 Å². The van der Waals surface area contributed by atoms with E-state index in [1.165, 1.54) is 0 Å². The Bertz CT molecular complexity index is 175. The highest BCUT2D eigenvalue weighted by atomic mass is 33.1. The molecule has 0 saturated carbocycles. The molecule has 1 nitrogen and oxygen atoms in total. The highest BCUT2D eigenvalue weighted by Gasteiger charge is 2.29. The molecule has 0 atom stereocenters. The van der Waals surface area contributed by atoms with E-state index in [2.05, 4.69) is 34.6 Å². The lowest BCUT2D eigenvalue weighted by molar-refractivity contribution is 0.0631. The van der Waals surface area contributed by atoms with E-state index in [-0.39, 0.29) is 9.49 Å². The molecule has 0 aliphatic rings. The van der Waals surface area contributed by atoms with Crippen LogP contribution in [0.3, 0.4) is 0 Å². The molecule has 0 radical (unpaired) electrons. The SMILES string of the molecule is CC(C)(O)CC(C)(C)SSC(C)(C)C. The maximum Gasteiger partial charge on any atom is 0.0605 e. The van der Waals surface area contributed by atoms with Gasteiger partial charge in [0.2, 0.25) is 0 Å². The average Bonchev–Trinajstić information content (AvgIpc) is 1.76. The normalized spacial score (nSPS) is 14.6. The first-order valence-electron chi connectivity index (χ1n) is 5.01. The van der Waals surface area contributed by atoms with Crippen molar-refractivity contribution >= 4 is 21.6 Å². The van der Waals surface area contributed by atoms with E-state index in [1.54, 1.807) is 0 Å². The van der Waals surface area contributed by atoms with Crippen LogP contribution in [0.1, 0.15) is 54.9 Å². The minimum Gasteiger partial charge on any atom is -0.390 e. The maximum atomic E-state index is 9.76. The first kappa shape index (κ1) is 14.7. The van der Waals surface area contributed by atoms with Crippen LogP contribution in [-0.4, -0.2) is 20.2 Å². The summed E-state index contributed by atoms with van der Waals surface area (Å²) in [7, 11) is 3.76. The Morgan fingerprint density at radius 3 is 1.57 bits per heavy atom. The quantitative estimate of drug-likeness (QED) is 0.742. The van der Waals surface area contributed by atoms with Crippen molar-refractivity contribution in [1.82, 2.24) is 0 Å². The molecule has 1 N–H and O–H groups in total. The Morgan fingerprint density at radius 1 is 0.857 bits per heavy atom. The second kappa shape index (κ2) is 4.67. The fourth-order valence-electron chi connectivity index (χ4n) is 1.31. The predicted molar refractivity (Wildman–Crippen MR) is 69.9 cm³/mol. The summed E-state index contributed by atoms with van der Waals surface area (Å²) in [5, 5.41) is 9.76. The second-order valence-electron chi connectivity index (χ2n) is 6.03. The van der Waals surface area contributed by atoms with E-state index >= 15 is 0 Å². The molecule has 0 amide bonds. The van der Waals surface area contributed by atoms with Gasteiger partial charge in [-0.25, -0.2) is 0 Å². The van der Waals surface area contributed by atoms with Gasteiger partial charge in [0, 0.05) is 9.49 Å². The molecular weight excluding hydrogens is 212 g/mol. The summed E-state index contributed by atoms with van der Waals surface area (Å²) in [6.07, 6.45) is 0.813. The molecule has 14 heavy (non-hydrogen) atoms. The van der Waals surface area contributed by atoms with Gasteiger partial charge in [0.05, 0.1) is 5.60 Å². The topological polar surface area (TPSA) is 20.2 Å². The summed E-state index contributed by atoms with van der Waals surface area (Å²) in [6.45, 7) is 14.8. The van der Waals surface area contributed by atoms with Crippen molar-refractivity contribution in [3.63, 3.8) is 0 Å². The lowest BCUT2D eigenvalue weighted by Gasteiger charge is -2.32. The third kappa shape index (κ3) is 9.22. The van der Waals surface area contributed by atoms with Gasteiger partial charge in [-0.3, -0.25) is 0 Å². The predicted octanol–water partition coefficient (Wildman–Crippen LogP) is 4.11. The number of rotatable bonds is 4. The molecule has 86 valence electrons. The van der Waals surface area contributed by atoms with Crippen molar-refractivity contribution in [3.8, 4) is 0 Å². The first-order chi connectivity index (χ1) is 5.91. The zero-order valence-electron chi connectivity index (χ0n) is 10.5. The molecule has 0 aliphatic carbocycles. The molecule has 0 fully saturated rings. The number of hydrogen-bond donors (Lipinski definition) is 1. The molecule has 0 saturated heterocycles. The monoisotopic (exact) mass is 236 g/mol. The van der Waals surface area contributed by atoms with E-state index in [9.17, 15) is 5.11 Å². The average molecular weight is 236 g/mol. The fraction of sp³-hybridized carbons (Fsp3) is 1.00. The van der Waals surface area contributed by atoms with Gasteiger partial charge >= 0.3 is 0 Å². The Morgan fingerprint density at radius 2 is 1.29 bits per heavy atom. The van der Waals surface area contributed by atoms with E-state index in [4.69, 9.17) is 0 Å². The Balaban J connectivity index is 4.09. The molecule has 0 aromatic heterocycles. The largest absolute Gasteiger partial charge is 0.390 e. The van der Waals surface area contributed by atoms with Crippen molar-refractivity contribution in [2.24, 2.45) is 0 Å². The fourth-order valence-corrected chi connectivity index (χ4v) is 3.80.